The zero-order chi connectivity index (χ0) is 10.5. The molecule has 2 rings (SSSR count). The number of hydrogen-bond acceptors (Lipinski definition) is 3. The monoisotopic (exact) mass is 199 g/mol. The molecular weight excluding hydrogens is 186 g/mol. The lowest BCUT2D eigenvalue weighted by atomic mass is 10.3. The summed E-state index contributed by atoms with van der Waals surface area (Å²) >= 11 is 0. The van der Waals surface area contributed by atoms with E-state index in [1.54, 1.807) is 12.3 Å². The number of benzene rings is 1. The first-order chi connectivity index (χ1) is 7.34. The van der Waals surface area contributed by atoms with Gasteiger partial charge in [0.15, 0.2) is 0 Å². The molecule has 0 amide bonds. The minimum atomic E-state index is 0.690. The van der Waals surface area contributed by atoms with E-state index in [2.05, 4.69) is 10.3 Å². The van der Waals surface area contributed by atoms with E-state index in [9.17, 15) is 0 Å². The molecule has 2 aromatic rings. The number of anilines is 2. The molecule has 0 spiro atoms. The van der Waals surface area contributed by atoms with Gasteiger partial charge >= 0.3 is 0 Å². The second-order valence-electron chi connectivity index (χ2n) is 3.30. The minimum absolute atomic E-state index is 0.690. The number of aromatic nitrogens is 1. The third-order valence-corrected chi connectivity index (χ3v) is 2.09. The lowest BCUT2D eigenvalue weighted by molar-refractivity contribution is 1.05. The van der Waals surface area contributed by atoms with E-state index >= 15 is 0 Å². The largest absolute Gasteiger partial charge is 0.399 e. The van der Waals surface area contributed by atoms with Crippen molar-refractivity contribution in [3.63, 3.8) is 0 Å². The van der Waals surface area contributed by atoms with Crippen LogP contribution >= 0.6 is 0 Å². The van der Waals surface area contributed by atoms with Crippen LogP contribution in [0.15, 0.2) is 48.7 Å². The SMILES string of the molecule is Nc1ccnc(CNc2ccccc2)c1. The average Bonchev–Trinajstić information content (AvgIpc) is 2.28. The van der Waals surface area contributed by atoms with Gasteiger partial charge in [-0.3, -0.25) is 4.98 Å². The number of hydrogen-bond donors (Lipinski definition) is 2. The van der Waals surface area contributed by atoms with Crippen molar-refractivity contribution in [3.8, 4) is 0 Å². The van der Waals surface area contributed by atoms with Gasteiger partial charge < -0.3 is 11.1 Å². The second-order valence-corrected chi connectivity index (χ2v) is 3.30. The van der Waals surface area contributed by atoms with Crippen LogP contribution in [0.3, 0.4) is 0 Å². The van der Waals surface area contributed by atoms with Crippen molar-refractivity contribution < 1.29 is 0 Å². The molecule has 3 heteroatoms. The molecule has 1 aromatic carbocycles. The molecule has 3 N–H and O–H groups in total. The van der Waals surface area contributed by atoms with E-state index in [1.807, 2.05) is 36.4 Å². The molecule has 0 radical (unpaired) electrons. The Balaban J connectivity index is 1.99. The summed E-state index contributed by atoms with van der Waals surface area (Å²) in [4.78, 5) is 4.21. The second kappa shape index (κ2) is 4.46. The van der Waals surface area contributed by atoms with E-state index < -0.39 is 0 Å². The van der Waals surface area contributed by atoms with Crippen LogP contribution in [0.4, 0.5) is 11.4 Å². The molecule has 1 heterocycles. The highest BCUT2D eigenvalue weighted by atomic mass is 14.9. The first-order valence-electron chi connectivity index (χ1n) is 4.84. The quantitative estimate of drug-likeness (QED) is 0.797. The van der Waals surface area contributed by atoms with Crippen molar-refractivity contribution in [2.24, 2.45) is 0 Å². The van der Waals surface area contributed by atoms with Crippen molar-refractivity contribution in [3.05, 3.63) is 54.4 Å². The van der Waals surface area contributed by atoms with Gasteiger partial charge in [-0.1, -0.05) is 18.2 Å². The number of nitrogens with one attached hydrogen (secondary N) is 1. The number of nitrogens with zero attached hydrogens (tertiary/aromatic N) is 1. The fourth-order valence-electron chi connectivity index (χ4n) is 1.34. The van der Waals surface area contributed by atoms with Crippen molar-refractivity contribution in [2.75, 3.05) is 11.1 Å². The number of nitrogens with two attached hydrogens (primary N) is 1. The Labute approximate surface area is 89.0 Å². The molecule has 1 aromatic heterocycles. The number of para-hydroxylation sites is 1. The van der Waals surface area contributed by atoms with Gasteiger partial charge in [-0.05, 0) is 24.3 Å². The van der Waals surface area contributed by atoms with E-state index in [0.717, 1.165) is 17.1 Å². The third kappa shape index (κ3) is 2.71. The van der Waals surface area contributed by atoms with Crippen LogP contribution in [0.5, 0.6) is 0 Å². The van der Waals surface area contributed by atoms with Gasteiger partial charge in [0.1, 0.15) is 0 Å². The normalized spacial score (nSPS) is 9.87. The van der Waals surface area contributed by atoms with Gasteiger partial charge in [0.05, 0.1) is 12.2 Å². The third-order valence-electron chi connectivity index (χ3n) is 2.09. The summed E-state index contributed by atoms with van der Waals surface area (Å²) in [5.41, 5.74) is 8.43. The van der Waals surface area contributed by atoms with Gasteiger partial charge in [-0.2, -0.15) is 0 Å². The van der Waals surface area contributed by atoms with Crippen molar-refractivity contribution in [1.82, 2.24) is 4.98 Å². The smallest absolute Gasteiger partial charge is 0.0615 e. The molecule has 0 unspecified atom stereocenters. The molecule has 0 aliphatic rings. The summed E-state index contributed by atoms with van der Waals surface area (Å²) in [6.07, 6.45) is 1.72. The Kier molecular flexibility index (Phi) is 2.83. The highest BCUT2D eigenvalue weighted by Gasteiger charge is 1.94. The Morgan fingerprint density at radius 2 is 1.93 bits per heavy atom. The summed E-state index contributed by atoms with van der Waals surface area (Å²) in [5.74, 6) is 0. The summed E-state index contributed by atoms with van der Waals surface area (Å²) in [6, 6.07) is 13.7. The van der Waals surface area contributed by atoms with Crippen molar-refractivity contribution >= 4 is 11.4 Å². The predicted molar refractivity (Wildman–Crippen MR) is 62.4 cm³/mol. The minimum Gasteiger partial charge on any atom is -0.399 e. The van der Waals surface area contributed by atoms with E-state index in [1.165, 1.54) is 0 Å². The zero-order valence-electron chi connectivity index (χ0n) is 8.35. The van der Waals surface area contributed by atoms with E-state index in [0.29, 0.717) is 6.54 Å². The maximum Gasteiger partial charge on any atom is 0.0615 e. The molecule has 3 nitrogen and oxygen atoms in total. The highest BCUT2D eigenvalue weighted by Crippen LogP contribution is 2.08. The van der Waals surface area contributed by atoms with Gasteiger partial charge in [-0.25, -0.2) is 0 Å². The van der Waals surface area contributed by atoms with Crippen LogP contribution in [-0.4, -0.2) is 4.98 Å². The predicted octanol–water partition coefficient (Wildman–Crippen LogP) is 2.28. The summed E-state index contributed by atoms with van der Waals surface area (Å²) in [7, 11) is 0. The molecule has 0 aliphatic carbocycles. The standard InChI is InChI=1S/C12H13N3/c13-10-6-7-14-12(8-10)9-15-11-4-2-1-3-5-11/h1-8,15H,9H2,(H2,13,14). The zero-order valence-corrected chi connectivity index (χ0v) is 8.35. The van der Waals surface area contributed by atoms with Crippen molar-refractivity contribution in [2.45, 2.75) is 6.54 Å². The van der Waals surface area contributed by atoms with Crippen LogP contribution in [0.2, 0.25) is 0 Å². The fraction of sp³-hybridized carbons (Fsp3) is 0.0833. The number of rotatable bonds is 3. The molecule has 15 heavy (non-hydrogen) atoms. The van der Waals surface area contributed by atoms with E-state index in [-0.39, 0.29) is 0 Å². The maximum atomic E-state index is 5.66. The van der Waals surface area contributed by atoms with E-state index in [4.69, 9.17) is 5.73 Å². The van der Waals surface area contributed by atoms with Gasteiger partial charge in [0.25, 0.3) is 0 Å². The molecule has 0 aliphatic heterocycles. The molecule has 0 atom stereocenters. The Morgan fingerprint density at radius 1 is 1.13 bits per heavy atom. The maximum absolute atomic E-state index is 5.66. The van der Waals surface area contributed by atoms with Crippen LogP contribution in [0.25, 0.3) is 0 Å². The first-order valence-corrected chi connectivity index (χ1v) is 4.84. The first kappa shape index (κ1) is 9.52. The molecular formula is C12H13N3. The highest BCUT2D eigenvalue weighted by molar-refractivity contribution is 5.44. The fourth-order valence-corrected chi connectivity index (χ4v) is 1.34. The molecule has 0 saturated heterocycles. The molecule has 0 saturated carbocycles. The topological polar surface area (TPSA) is 50.9 Å². The Bertz CT molecular complexity index is 426. The summed E-state index contributed by atoms with van der Waals surface area (Å²) in [6.45, 7) is 0.690. The van der Waals surface area contributed by atoms with Gasteiger partial charge in [-0.15, -0.1) is 0 Å². The summed E-state index contributed by atoms with van der Waals surface area (Å²) in [5, 5.41) is 3.27. The molecule has 0 bridgehead atoms. The van der Waals surface area contributed by atoms with Crippen LogP contribution in [0.1, 0.15) is 5.69 Å². The molecule has 76 valence electrons. The molecule has 0 fully saturated rings. The van der Waals surface area contributed by atoms with Crippen molar-refractivity contribution in [1.29, 1.82) is 0 Å². The lowest BCUT2D eigenvalue weighted by Gasteiger charge is -2.05. The van der Waals surface area contributed by atoms with Gasteiger partial charge in [0, 0.05) is 17.6 Å². The average molecular weight is 199 g/mol. The van der Waals surface area contributed by atoms with Crippen LogP contribution in [0, 0.1) is 0 Å². The lowest BCUT2D eigenvalue weighted by Crippen LogP contribution is -2.01. The van der Waals surface area contributed by atoms with Crippen LogP contribution < -0.4 is 11.1 Å². The summed E-state index contributed by atoms with van der Waals surface area (Å²) < 4.78 is 0. The Morgan fingerprint density at radius 3 is 2.67 bits per heavy atom. The number of nitrogen functional groups attached to an aromatic ring is 1. The Hall–Kier alpha value is -2.03. The van der Waals surface area contributed by atoms with Gasteiger partial charge in [0.2, 0.25) is 0 Å². The number of pyridine rings is 1. The van der Waals surface area contributed by atoms with Crippen LogP contribution in [-0.2, 0) is 6.54 Å².